The Bertz CT molecular complexity index is 947. The molecule has 1 amide bonds. The van der Waals surface area contributed by atoms with Crippen LogP contribution in [0.3, 0.4) is 0 Å². The van der Waals surface area contributed by atoms with Crippen LogP contribution in [0, 0.1) is 19.7 Å². The van der Waals surface area contributed by atoms with E-state index in [1.54, 1.807) is 12.1 Å². The standard InChI is InChI=1S/C25H30FN3O/c1-19-6-7-20(2)24(16-19)28-12-14-29(15-13-28)25(30)22-8-10-27(11-9-22)18-21-4-3-5-23(26)17-21/h3-8,16-17H,9-15,18H2,1-2H3. The molecule has 0 spiro atoms. The fraction of sp³-hybridized carbons (Fsp3) is 0.400. The van der Waals surface area contributed by atoms with Gasteiger partial charge < -0.3 is 9.80 Å². The van der Waals surface area contributed by atoms with Crippen molar-refractivity contribution in [1.82, 2.24) is 9.80 Å². The average molecular weight is 408 g/mol. The van der Waals surface area contributed by atoms with Crippen LogP contribution in [0.2, 0.25) is 0 Å². The first-order valence-electron chi connectivity index (χ1n) is 10.8. The summed E-state index contributed by atoms with van der Waals surface area (Å²) in [6, 6.07) is 13.3. The minimum atomic E-state index is -0.198. The van der Waals surface area contributed by atoms with Gasteiger partial charge in [0.25, 0.3) is 0 Å². The number of hydrogen-bond donors (Lipinski definition) is 0. The fourth-order valence-electron chi connectivity index (χ4n) is 4.36. The molecule has 4 rings (SSSR count). The summed E-state index contributed by atoms with van der Waals surface area (Å²) in [4.78, 5) is 19.6. The van der Waals surface area contributed by atoms with E-state index in [0.29, 0.717) is 6.54 Å². The molecule has 0 unspecified atom stereocenters. The predicted molar refractivity (Wildman–Crippen MR) is 119 cm³/mol. The summed E-state index contributed by atoms with van der Waals surface area (Å²) < 4.78 is 13.4. The van der Waals surface area contributed by atoms with Gasteiger partial charge in [-0.1, -0.05) is 30.3 Å². The number of carbonyl (C=O) groups is 1. The van der Waals surface area contributed by atoms with Crippen LogP contribution >= 0.6 is 0 Å². The Hall–Kier alpha value is -2.66. The van der Waals surface area contributed by atoms with E-state index in [1.807, 2.05) is 11.0 Å². The Morgan fingerprint density at radius 2 is 1.80 bits per heavy atom. The Balaban J connectivity index is 1.31. The number of hydrogen-bond acceptors (Lipinski definition) is 3. The first-order valence-corrected chi connectivity index (χ1v) is 10.8. The fourth-order valence-corrected chi connectivity index (χ4v) is 4.36. The smallest absolute Gasteiger partial charge is 0.249 e. The number of benzene rings is 2. The molecular weight excluding hydrogens is 377 g/mol. The van der Waals surface area contributed by atoms with Gasteiger partial charge in [-0.25, -0.2) is 4.39 Å². The van der Waals surface area contributed by atoms with Gasteiger partial charge >= 0.3 is 0 Å². The largest absolute Gasteiger partial charge is 0.368 e. The number of carbonyl (C=O) groups excluding carboxylic acids is 1. The van der Waals surface area contributed by atoms with Gasteiger partial charge in [0.2, 0.25) is 5.91 Å². The second-order valence-corrected chi connectivity index (χ2v) is 8.41. The first kappa shape index (κ1) is 20.6. The van der Waals surface area contributed by atoms with Gasteiger partial charge in [-0.3, -0.25) is 9.69 Å². The van der Waals surface area contributed by atoms with Gasteiger partial charge in [-0.05, 0) is 55.2 Å². The summed E-state index contributed by atoms with van der Waals surface area (Å²) in [5, 5.41) is 0. The quantitative estimate of drug-likeness (QED) is 0.769. The molecule has 2 aromatic carbocycles. The maximum atomic E-state index is 13.4. The van der Waals surface area contributed by atoms with E-state index in [-0.39, 0.29) is 11.7 Å². The van der Waals surface area contributed by atoms with Crippen molar-refractivity contribution in [2.75, 3.05) is 44.2 Å². The van der Waals surface area contributed by atoms with Crippen LogP contribution in [0.1, 0.15) is 23.1 Å². The molecule has 0 aromatic heterocycles. The van der Waals surface area contributed by atoms with Crippen LogP contribution in [0.25, 0.3) is 0 Å². The van der Waals surface area contributed by atoms with Crippen molar-refractivity contribution in [3.63, 3.8) is 0 Å². The number of piperazine rings is 1. The van der Waals surface area contributed by atoms with Crippen LogP contribution in [-0.4, -0.2) is 55.0 Å². The number of nitrogens with zero attached hydrogens (tertiary/aromatic N) is 3. The molecule has 0 saturated carbocycles. The van der Waals surface area contributed by atoms with Crippen molar-refractivity contribution in [3.05, 3.63) is 76.6 Å². The van der Waals surface area contributed by atoms with Crippen molar-refractivity contribution < 1.29 is 9.18 Å². The Kier molecular flexibility index (Phi) is 6.18. The zero-order valence-electron chi connectivity index (χ0n) is 17.9. The molecule has 30 heavy (non-hydrogen) atoms. The molecule has 0 aliphatic carbocycles. The SMILES string of the molecule is Cc1ccc(C)c(N2CCN(C(=O)C3=CCN(Cc4cccc(F)c4)CC3)CC2)c1. The zero-order valence-corrected chi connectivity index (χ0v) is 17.9. The molecule has 0 atom stereocenters. The molecule has 4 nitrogen and oxygen atoms in total. The number of aryl methyl sites for hydroxylation is 2. The molecule has 0 radical (unpaired) electrons. The topological polar surface area (TPSA) is 26.8 Å². The molecular formula is C25H30FN3O. The Morgan fingerprint density at radius 1 is 1.00 bits per heavy atom. The molecule has 2 heterocycles. The van der Waals surface area contributed by atoms with E-state index in [4.69, 9.17) is 0 Å². The van der Waals surface area contributed by atoms with E-state index < -0.39 is 0 Å². The van der Waals surface area contributed by atoms with Crippen LogP contribution in [0.4, 0.5) is 10.1 Å². The lowest BCUT2D eigenvalue weighted by Gasteiger charge is -2.38. The molecule has 2 aromatic rings. The molecule has 0 bridgehead atoms. The highest BCUT2D eigenvalue weighted by Gasteiger charge is 2.26. The lowest BCUT2D eigenvalue weighted by molar-refractivity contribution is -0.127. The van der Waals surface area contributed by atoms with Gasteiger partial charge in [0.15, 0.2) is 0 Å². The monoisotopic (exact) mass is 407 g/mol. The second kappa shape index (κ2) is 9.00. The lowest BCUT2D eigenvalue weighted by Crippen LogP contribution is -2.49. The third kappa shape index (κ3) is 4.73. The molecule has 2 aliphatic heterocycles. The highest BCUT2D eigenvalue weighted by molar-refractivity contribution is 5.93. The summed E-state index contributed by atoms with van der Waals surface area (Å²) in [5.74, 6) is -0.0167. The van der Waals surface area contributed by atoms with E-state index in [9.17, 15) is 9.18 Å². The normalized spacial score (nSPS) is 17.8. The highest BCUT2D eigenvalue weighted by atomic mass is 19.1. The maximum Gasteiger partial charge on any atom is 0.249 e. The van der Waals surface area contributed by atoms with Crippen LogP contribution in [0.5, 0.6) is 0 Å². The minimum absolute atomic E-state index is 0.181. The summed E-state index contributed by atoms with van der Waals surface area (Å²) in [5.41, 5.74) is 5.73. The average Bonchev–Trinajstić information content (AvgIpc) is 2.76. The third-order valence-electron chi connectivity index (χ3n) is 6.14. The van der Waals surface area contributed by atoms with E-state index >= 15 is 0 Å². The van der Waals surface area contributed by atoms with Crippen molar-refractivity contribution >= 4 is 11.6 Å². The van der Waals surface area contributed by atoms with Crippen LogP contribution in [0.15, 0.2) is 54.1 Å². The van der Waals surface area contributed by atoms with Crippen LogP contribution in [-0.2, 0) is 11.3 Å². The Morgan fingerprint density at radius 3 is 2.50 bits per heavy atom. The van der Waals surface area contributed by atoms with E-state index in [2.05, 4.69) is 47.9 Å². The van der Waals surface area contributed by atoms with Crippen molar-refractivity contribution in [3.8, 4) is 0 Å². The number of anilines is 1. The number of amides is 1. The summed E-state index contributed by atoms with van der Waals surface area (Å²) in [7, 11) is 0. The highest BCUT2D eigenvalue weighted by Crippen LogP contribution is 2.24. The molecule has 0 N–H and O–H groups in total. The van der Waals surface area contributed by atoms with Gasteiger partial charge in [0, 0.05) is 57.1 Å². The zero-order chi connectivity index (χ0) is 21.1. The molecule has 1 saturated heterocycles. The van der Waals surface area contributed by atoms with Crippen LogP contribution < -0.4 is 4.90 Å². The van der Waals surface area contributed by atoms with Crippen molar-refractivity contribution in [2.45, 2.75) is 26.8 Å². The van der Waals surface area contributed by atoms with Gasteiger partial charge in [-0.15, -0.1) is 0 Å². The van der Waals surface area contributed by atoms with Gasteiger partial charge in [0.1, 0.15) is 5.82 Å². The van der Waals surface area contributed by atoms with Gasteiger partial charge in [-0.2, -0.15) is 0 Å². The number of halogens is 1. The molecule has 5 heteroatoms. The number of rotatable bonds is 4. The lowest BCUT2D eigenvalue weighted by atomic mass is 10.0. The van der Waals surface area contributed by atoms with Gasteiger partial charge in [0.05, 0.1) is 0 Å². The predicted octanol–water partition coefficient (Wildman–Crippen LogP) is 3.92. The molecule has 1 fully saturated rings. The summed E-state index contributed by atoms with van der Waals surface area (Å²) in [6.45, 7) is 9.81. The summed E-state index contributed by atoms with van der Waals surface area (Å²) in [6.07, 6.45) is 2.81. The first-order chi connectivity index (χ1) is 14.5. The third-order valence-corrected chi connectivity index (χ3v) is 6.14. The minimum Gasteiger partial charge on any atom is -0.368 e. The molecule has 158 valence electrons. The van der Waals surface area contributed by atoms with E-state index in [0.717, 1.165) is 56.8 Å². The Labute approximate surface area is 178 Å². The van der Waals surface area contributed by atoms with Crippen molar-refractivity contribution in [2.24, 2.45) is 0 Å². The maximum absolute atomic E-state index is 13.4. The van der Waals surface area contributed by atoms with E-state index in [1.165, 1.54) is 22.9 Å². The second-order valence-electron chi connectivity index (χ2n) is 8.41. The van der Waals surface area contributed by atoms with Crippen molar-refractivity contribution in [1.29, 1.82) is 0 Å². The molecule has 2 aliphatic rings. The summed E-state index contributed by atoms with van der Waals surface area (Å²) >= 11 is 0.